The van der Waals surface area contributed by atoms with Gasteiger partial charge < -0.3 is 5.32 Å². The maximum atomic E-state index is 4.88. The summed E-state index contributed by atoms with van der Waals surface area (Å²) in [6, 6.07) is 10.6. The van der Waals surface area contributed by atoms with Crippen LogP contribution in [0, 0.1) is 10.8 Å². The number of aliphatic imine (C=N–C) groups is 1. The number of allylic oxidation sites excluding steroid dienone is 7. The van der Waals surface area contributed by atoms with Gasteiger partial charge in [0.05, 0.1) is 5.71 Å². The van der Waals surface area contributed by atoms with Crippen molar-refractivity contribution in [1.29, 1.82) is 0 Å². The van der Waals surface area contributed by atoms with E-state index in [1.807, 2.05) is 6.20 Å². The summed E-state index contributed by atoms with van der Waals surface area (Å²) in [4.78, 5) is 4.88. The average Bonchev–Trinajstić information content (AvgIpc) is 3.04. The van der Waals surface area contributed by atoms with E-state index in [0.29, 0.717) is 0 Å². The van der Waals surface area contributed by atoms with E-state index in [0.717, 1.165) is 18.6 Å². The number of hydrogen-bond acceptors (Lipinski definition) is 2. The minimum Gasteiger partial charge on any atom is -0.364 e. The highest BCUT2D eigenvalue weighted by molar-refractivity contribution is 6.25. The Morgan fingerprint density at radius 3 is 2.10 bits per heavy atom. The third-order valence-electron chi connectivity index (χ3n) is 5.43. The van der Waals surface area contributed by atoms with Crippen LogP contribution in [-0.2, 0) is 0 Å². The third kappa shape index (κ3) is 5.26. The molecule has 1 aromatic rings. The Bertz CT molecular complexity index is 921. The fourth-order valence-corrected chi connectivity index (χ4v) is 3.68. The Morgan fingerprint density at radius 1 is 0.828 bits per heavy atom. The van der Waals surface area contributed by atoms with Crippen molar-refractivity contribution in [3.05, 3.63) is 89.4 Å². The number of rotatable bonds is 2. The molecule has 0 radical (unpaired) electrons. The predicted octanol–water partition coefficient (Wildman–Crippen LogP) is 7.21. The second-order valence-electron chi connectivity index (χ2n) is 9.82. The molecule has 1 N–H and O–H groups in total. The van der Waals surface area contributed by atoms with Crippen LogP contribution in [0.5, 0.6) is 0 Å². The van der Waals surface area contributed by atoms with E-state index in [4.69, 9.17) is 4.99 Å². The molecule has 0 unspecified atom stereocenters. The fourth-order valence-electron chi connectivity index (χ4n) is 3.68. The molecule has 2 nitrogen and oxygen atoms in total. The summed E-state index contributed by atoms with van der Waals surface area (Å²) in [7, 11) is 0. The smallest absolute Gasteiger partial charge is 0.0537 e. The van der Waals surface area contributed by atoms with Crippen molar-refractivity contribution in [2.45, 2.75) is 54.4 Å². The Morgan fingerprint density at radius 2 is 1.45 bits per heavy atom. The molecule has 0 aliphatic carbocycles. The first kappa shape index (κ1) is 21.1. The van der Waals surface area contributed by atoms with Crippen molar-refractivity contribution in [3.63, 3.8) is 0 Å². The van der Waals surface area contributed by atoms with Gasteiger partial charge in [-0.15, -0.1) is 0 Å². The van der Waals surface area contributed by atoms with Crippen LogP contribution >= 0.6 is 0 Å². The summed E-state index contributed by atoms with van der Waals surface area (Å²) in [6.45, 7) is 13.5. The zero-order valence-corrected chi connectivity index (χ0v) is 18.7. The van der Waals surface area contributed by atoms with Gasteiger partial charge in [-0.05, 0) is 39.7 Å². The summed E-state index contributed by atoms with van der Waals surface area (Å²) >= 11 is 0. The van der Waals surface area contributed by atoms with Gasteiger partial charge in [0, 0.05) is 36.5 Å². The molecule has 0 saturated heterocycles. The topological polar surface area (TPSA) is 24.4 Å². The molecule has 0 saturated carbocycles. The van der Waals surface area contributed by atoms with Gasteiger partial charge in [0.15, 0.2) is 0 Å². The second kappa shape index (κ2) is 8.41. The van der Waals surface area contributed by atoms with Crippen molar-refractivity contribution in [1.82, 2.24) is 5.32 Å². The van der Waals surface area contributed by atoms with Crippen molar-refractivity contribution in [2.24, 2.45) is 15.8 Å². The lowest BCUT2D eigenvalue weighted by molar-refractivity contribution is 0.515. The molecular weight excluding hydrogens is 352 g/mol. The Hall–Kier alpha value is -2.61. The highest BCUT2D eigenvalue weighted by atomic mass is 14.9. The van der Waals surface area contributed by atoms with Crippen LogP contribution in [0.15, 0.2) is 88.9 Å². The number of hydrogen-bond donors (Lipinski definition) is 1. The van der Waals surface area contributed by atoms with E-state index in [-0.39, 0.29) is 10.8 Å². The first-order chi connectivity index (χ1) is 13.7. The molecule has 2 aliphatic rings. The van der Waals surface area contributed by atoms with Crippen LogP contribution in [0.4, 0.5) is 0 Å². The molecule has 152 valence electrons. The van der Waals surface area contributed by atoms with Crippen LogP contribution in [-0.4, -0.2) is 5.71 Å². The molecule has 2 aliphatic heterocycles. The van der Waals surface area contributed by atoms with E-state index in [1.165, 1.54) is 28.0 Å². The SMILES string of the molecule is CC(C)(C)C1=CCC(/C(=C2\CC=C(C(C)(C)C)C=CN2)c2ccccc2)=NC=C1. The first-order valence-corrected chi connectivity index (χ1v) is 10.5. The molecule has 0 amide bonds. The molecule has 3 rings (SSSR count). The summed E-state index contributed by atoms with van der Waals surface area (Å²) in [5, 5.41) is 3.56. The maximum Gasteiger partial charge on any atom is 0.0537 e. The van der Waals surface area contributed by atoms with Gasteiger partial charge in [0.25, 0.3) is 0 Å². The minimum atomic E-state index is 0.120. The van der Waals surface area contributed by atoms with Crippen LogP contribution in [0.25, 0.3) is 5.57 Å². The van der Waals surface area contributed by atoms with Crippen LogP contribution in [0.3, 0.4) is 0 Å². The largest absolute Gasteiger partial charge is 0.364 e. The van der Waals surface area contributed by atoms with Crippen molar-refractivity contribution >= 4 is 11.3 Å². The normalized spacial score (nSPS) is 19.4. The van der Waals surface area contributed by atoms with Gasteiger partial charge in [-0.25, -0.2) is 0 Å². The standard InChI is InChI=1S/C27H34N2/c1-26(2,3)21-12-14-23(28-18-16-21)25(20-10-8-7-9-11-20)24-15-13-22(17-19-29-24)27(4,5)6/h7-13,16-19,28H,14-15H2,1-6H3/b25-23+. The maximum absolute atomic E-state index is 4.88. The molecule has 2 heterocycles. The average molecular weight is 387 g/mol. The summed E-state index contributed by atoms with van der Waals surface area (Å²) in [5.74, 6) is 0. The first-order valence-electron chi connectivity index (χ1n) is 10.5. The van der Waals surface area contributed by atoms with Gasteiger partial charge in [0.1, 0.15) is 0 Å². The highest BCUT2D eigenvalue weighted by Crippen LogP contribution is 2.33. The molecule has 0 fully saturated rings. The molecule has 0 atom stereocenters. The third-order valence-corrected chi connectivity index (χ3v) is 5.43. The molecule has 1 aromatic carbocycles. The zero-order valence-electron chi connectivity index (χ0n) is 18.7. The Balaban J connectivity index is 2.06. The van der Waals surface area contributed by atoms with Crippen molar-refractivity contribution in [2.75, 3.05) is 0 Å². The second-order valence-corrected chi connectivity index (χ2v) is 9.82. The predicted molar refractivity (Wildman–Crippen MR) is 127 cm³/mol. The van der Waals surface area contributed by atoms with Gasteiger partial charge in [-0.2, -0.15) is 0 Å². The lowest BCUT2D eigenvalue weighted by atomic mass is 9.85. The monoisotopic (exact) mass is 386 g/mol. The summed E-state index contributed by atoms with van der Waals surface area (Å²) < 4.78 is 0. The molecular formula is C27H34N2. The Labute approximate surface area is 176 Å². The molecule has 0 bridgehead atoms. The fraction of sp³-hybridized carbons (Fsp3) is 0.370. The van der Waals surface area contributed by atoms with Crippen molar-refractivity contribution < 1.29 is 0 Å². The number of nitrogens with one attached hydrogen (secondary N) is 1. The summed E-state index contributed by atoms with van der Waals surface area (Å²) in [6.07, 6.45) is 14.8. The number of nitrogens with zero attached hydrogens (tertiary/aromatic N) is 1. The quantitative estimate of drug-likeness (QED) is 0.570. The minimum absolute atomic E-state index is 0.120. The lowest BCUT2D eigenvalue weighted by Crippen LogP contribution is -2.13. The van der Waals surface area contributed by atoms with Crippen LogP contribution < -0.4 is 5.32 Å². The van der Waals surface area contributed by atoms with Gasteiger partial charge in [0.2, 0.25) is 0 Å². The van der Waals surface area contributed by atoms with E-state index in [9.17, 15) is 0 Å². The van der Waals surface area contributed by atoms with E-state index < -0.39 is 0 Å². The summed E-state index contributed by atoms with van der Waals surface area (Å²) in [5.41, 5.74) is 7.65. The van der Waals surface area contributed by atoms with E-state index in [2.05, 4.69) is 108 Å². The van der Waals surface area contributed by atoms with Gasteiger partial charge >= 0.3 is 0 Å². The van der Waals surface area contributed by atoms with Crippen molar-refractivity contribution in [3.8, 4) is 0 Å². The Kier molecular flexibility index (Phi) is 6.12. The van der Waals surface area contributed by atoms with E-state index >= 15 is 0 Å². The van der Waals surface area contributed by atoms with Crippen LogP contribution in [0.1, 0.15) is 59.9 Å². The van der Waals surface area contributed by atoms with Gasteiger partial charge in [-0.3, -0.25) is 4.99 Å². The molecule has 0 spiro atoms. The molecule has 0 aromatic heterocycles. The molecule has 2 heteroatoms. The number of benzene rings is 1. The highest BCUT2D eigenvalue weighted by Gasteiger charge is 2.21. The molecule has 29 heavy (non-hydrogen) atoms. The lowest BCUT2D eigenvalue weighted by Gasteiger charge is -2.20. The van der Waals surface area contributed by atoms with E-state index in [1.54, 1.807) is 0 Å². The van der Waals surface area contributed by atoms with Crippen LogP contribution in [0.2, 0.25) is 0 Å². The van der Waals surface area contributed by atoms with Gasteiger partial charge in [-0.1, -0.05) is 84.0 Å². The zero-order chi connectivity index (χ0) is 21.1.